The maximum absolute atomic E-state index is 12.9. The SMILES string of the molecule is Cc1cc2c(N3CCOc4cc(-c5ccc(C(=O)NCC#Cc6ccc7occ(C8CCC(=O)NC8=O)c7c6)nc5)ncc43)cccc2n(C)c1=O. The minimum Gasteiger partial charge on any atom is -0.489 e. The number of rotatable bonds is 5. The number of imide groups is 1. The van der Waals surface area contributed by atoms with E-state index in [0.29, 0.717) is 47.7 Å². The zero-order valence-electron chi connectivity index (χ0n) is 28.4. The molecule has 2 aromatic carbocycles. The highest BCUT2D eigenvalue weighted by atomic mass is 16.5. The third-order valence-corrected chi connectivity index (χ3v) is 9.50. The maximum atomic E-state index is 12.9. The number of nitrogens with zero attached hydrogens (tertiary/aromatic N) is 4. The van der Waals surface area contributed by atoms with Crippen molar-refractivity contribution in [2.24, 2.45) is 7.05 Å². The van der Waals surface area contributed by atoms with Crippen LogP contribution in [0.25, 0.3) is 33.1 Å². The number of ether oxygens (including phenoxy) is 1. The quantitative estimate of drug-likeness (QED) is 0.191. The molecule has 0 spiro atoms. The second-order valence-electron chi connectivity index (χ2n) is 12.8. The first-order valence-electron chi connectivity index (χ1n) is 16.8. The highest BCUT2D eigenvalue weighted by Gasteiger charge is 2.30. The Morgan fingerprint density at radius 2 is 1.90 bits per heavy atom. The van der Waals surface area contributed by atoms with Crippen LogP contribution < -0.4 is 25.8 Å². The number of fused-ring (bicyclic) bond motifs is 3. The predicted molar refractivity (Wildman–Crippen MR) is 194 cm³/mol. The van der Waals surface area contributed by atoms with Crippen molar-refractivity contribution in [3.8, 4) is 28.8 Å². The first kappa shape index (κ1) is 32.5. The largest absolute Gasteiger partial charge is 0.489 e. The second-order valence-corrected chi connectivity index (χ2v) is 12.8. The molecule has 1 atom stereocenters. The molecular weight excluding hydrogens is 660 g/mol. The van der Waals surface area contributed by atoms with E-state index in [1.807, 2.05) is 43.3 Å². The highest BCUT2D eigenvalue weighted by Crippen LogP contribution is 2.40. The molecular formula is C40H32N6O6. The van der Waals surface area contributed by atoms with Gasteiger partial charge in [0.05, 0.1) is 48.4 Å². The van der Waals surface area contributed by atoms with Gasteiger partial charge in [0.1, 0.15) is 29.3 Å². The minimum atomic E-state index is -0.466. The average molecular weight is 693 g/mol. The Morgan fingerprint density at radius 3 is 2.73 bits per heavy atom. The molecule has 1 unspecified atom stereocenters. The Kier molecular flexibility index (Phi) is 8.23. The number of piperidine rings is 1. The van der Waals surface area contributed by atoms with E-state index >= 15 is 0 Å². The Balaban J connectivity index is 0.941. The molecule has 0 saturated carbocycles. The van der Waals surface area contributed by atoms with E-state index < -0.39 is 5.92 Å². The number of aryl methyl sites for hydroxylation is 2. The molecule has 2 aliphatic rings. The van der Waals surface area contributed by atoms with Gasteiger partial charge in [-0.2, -0.15) is 0 Å². The highest BCUT2D eigenvalue weighted by molar-refractivity contribution is 6.03. The standard InChI is InChI=1S/C40H32N6O6/c1-23-17-28-32(45(2)40(23)50)6-3-7-33(28)46-15-16-51-36-19-31(43-21-34(36)46)25-9-11-30(42-20-25)39(49)41-14-4-5-24-8-12-35-27(18-24)29(22-52-35)26-10-13-37(47)44-38(26)48/h3,6-9,11-12,17-22,26H,10,13-16H2,1-2H3,(H,41,49)(H,44,47,48). The molecule has 2 N–H and O–H groups in total. The molecule has 1 saturated heterocycles. The lowest BCUT2D eigenvalue weighted by Crippen LogP contribution is -2.39. The van der Waals surface area contributed by atoms with Crippen LogP contribution in [-0.2, 0) is 16.6 Å². The van der Waals surface area contributed by atoms with Crippen LogP contribution in [0.1, 0.15) is 45.9 Å². The van der Waals surface area contributed by atoms with E-state index in [1.54, 1.807) is 54.5 Å². The van der Waals surface area contributed by atoms with E-state index in [0.717, 1.165) is 38.8 Å². The molecule has 2 aliphatic heterocycles. The summed E-state index contributed by atoms with van der Waals surface area (Å²) in [5, 5.41) is 6.91. The number of hydrogen-bond donors (Lipinski definition) is 2. The lowest BCUT2D eigenvalue weighted by Gasteiger charge is -2.32. The van der Waals surface area contributed by atoms with Crippen LogP contribution in [0.3, 0.4) is 0 Å². The number of carbonyl (C=O) groups is 3. The minimum absolute atomic E-state index is 0.0199. The Hall–Kier alpha value is -6.74. The third kappa shape index (κ3) is 5.92. The molecule has 12 heteroatoms. The van der Waals surface area contributed by atoms with Crippen LogP contribution in [0.4, 0.5) is 11.4 Å². The van der Waals surface area contributed by atoms with Crippen molar-refractivity contribution >= 4 is 51.0 Å². The number of benzene rings is 2. The number of anilines is 2. The van der Waals surface area contributed by atoms with Gasteiger partial charge in [-0.15, -0.1) is 0 Å². The molecule has 258 valence electrons. The first-order valence-corrected chi connectivity index (χ1v) is 16.8. The first-order chi connectivity index (χ1) is 25.2. The second kappa shape index (κ2) is 13.2. The molecule has 52 heavy (non-hydrogen) atoms. The van der Waals surface area contributed by atoms with Gasteiger partial charge in [-0.25, -0.2) is 0 Å². The van der Waals surface area contributed by atoms with Crippen LogP contribution >= 0.6 is 0 Å². The predicted octanol–water partition coefficient (Wildman–Crippen LogP) is 4.88. The lowest BCUT2D eigenvalue weighted by atomic mass is 9.90. The van der Waals surface area contributed by atoms with E-state index in [2.05, 4.69) is 32.4 Å². The number of amides is 3. The number of furan rings is 1. The summed E-state index contributed by atoms with van der Waals surface area (Å²) in [7, 11) is 1.79. The molecule has 12 nitrogen and oxygen atoms in total. The topological polar surface area (TPSA) is 149 Å². The van der Waals surface area contributed by atoms with Crippen LogP contribution in [0.15, 0.2) is 88.5 Å². The van der Waals surface area contributed by atoms with Gasteiger partial charge >= 0.3 is 0 Å². The molecule has 4 aromatic heterocycles. The van der Waals surface area contributed by atoms with Crippen molar-refractivity contribution in [1.29, 1.82) is 0 Å². The number of carbonyl (C=O) groups excluding carboxylic acids is 3. The third-order valence-electron chi connectivity index (χ3n) is 9.50. The zero-order chi connectivity index (χ0) is 35.9. The van der Waals surface area contributed by atoms with Gasteiger partial charge in [-0.3, -0.25) is 34.5 Å². The van der Waals surface area contributed by atoms with Gasteiger partial charge in [0.2, 0.25) is 11.8 Å². The molecule has 1 fully saturated rings. The van der Waals surface area contributed by atoms with E-state index in [-0.39, 0.29) is 41.9 Å². The number of nitrogens with one attached hydrogen (secondary N) is 2. The smallest absolute Gasteiger partial charge is 0.270 e. The van der Waals surface area contributed by atoms with Crippen LogP contribution in [0.5, 0.6) is 5.75 Å². The molecule has 0 radical (unpaired) electrons. The molecule has 0 aliphatic carbocycles. The Bertz CT molecular complexity index is 2560. The van der Waals surface area contributed by atoms with Crippen molar-refractivity contribution in [3.63, 3.8) is 0 Å². The van der Waals surface area contributed by atoms with Crippen LogP contribution in [-0.4, -0.2) is 52.0 Å². The summed E-state index contributed by atoms with van der Waals surface area (Å²) in [5.74, 6) is 5.25. The fraction of sp³-hybridized carbons (Fsp3) is 0.200. The number of pyridine rings is 3. The van der Waals surface area contributed by atoms with Gasteiger partial charge in [-0.1, -0.05) is 17.9 Å². The zero-order valence-corrected chi connectivity index (χ0v) is 28.4. The van der Waals surface area contributed by atoms with Crippen molar-refractivity contribution in [2.75, 3.05) is 24.6 Å². The lowest BCUT2D eigenvalue weighted by molar-refractivity contribution is -0.134. The summed E-state index contributed by atoms with van der Waals surface area (Å²) in [6, 6.07) is 18.6. The van der Waals surface area contributed by atoms with Gasteiger partial charge in [0, 0.05) is 58.8 Å². The van der Waals surface area contributed by atoms with Crippen molar-refractivity contribution < 1.29 is 23.5 Å². The van der Waals surface area contributed by atoms with E-state index in [4.69, 9.17) is 14.1 Å². The summed E-state index contributed by atoms with van der Waals surface area (Å²) in [6.07, 6.45) is 5.63. The molecule has 8 rings (SSSR count). The maximum Gasteiger partial charge on any atom is 0.270 e. The summed E-state index contributed by atoms with van der Waals surface area (Å²) in [6.45, 7) is 3.01. The molecule has 0 bridgehead atoms. The normalized spacial score (nSPS) is 15.4. The van der Waals surface area contributed by atoms with Gasteiger partial charge in [-0.05, 0) is 61.9 Å². The average Bonchev–Trinajstić information content (AvgIpc) is 3.58. The van der Waals surface area contributed by atoms with Crippen LogP contribution in [0.2, 0.25) is 0 Å². The molecule has 3 amide bonds. The fourth-order valence-corrected chi connectivity index (χ4v) is 6.82. The van der Waals surface area contributed by atoms with Crippen molar-refractivity contribution in [1.82, 2.24) is 25.2 Å². The van der Waals surface area contributed by atoms with Gasteiger partial charge in [0.25, 0.3) is 11.5 Å². The number of hydrogen-bond acceptors (Lipinski definition) is 9. The van der Waals surface area contributed by atoms with Gasteiger partial charge in [0.15, 0.2) is 0 Å². The van der Waals surface area contributed by atoms with Gasteiger partial charge < -0.3 is 23.9 Å². The van der Waals surface area contributed by atoms with Crippen LogP contribution in [0, 0.1) is 18.8 Å². The summed E-state index contributed by atoms with van der Waals surface area (Å²) in [5.41, 5.74) is 6.94. The monoisotopic (exact) mass is 692 g/mol. The molecule has 6 heterocycles. The fourth-order valence-electron chi connectivity index (χ4n) is 6.82. The number of aromatic nitrogens is 3. The van der Waals surface area contributed by atoms with Crippen molar-refractivity contribution in [3.05, 3.63) is 112 Å². The summed E-state index contributed by atoms with van der Waals surface area (Å²) < 4.78 is 13.4. The van der Waals surface area contributed by atoms with Crippen molar-refractivity contribution in [2.45, 2.75) is 25.7 Å². The Morgan fingerprint density at radius 1 is 1.02 bits per heavy atom. The summed E-state index contributed by atoms with van der Waals surface area (Å²) in [4.78, 5) is 60.7. The molecule has 6 aromatic rings. The van der Waals surface area contributed by atoms with E-state index in [1.165, 1.54) is 0 Å². The summed E-state index contributed by atoms with van der Waals surface area (Å²) >= 11 is 0. The van der Waals surface area contributed by atoms with E-state index in [9.17, 15) is 19.2 Å². The Labute approximate surface area is 297 Å².